The van der Waals surface area contributed by atoms with Crippen molar-refractivity contribution in [2.75, 3.05) is 34.3 Å². The largest absolute Gasteiger partial charge is 0.496 e. The number of carbonyl (C=O) groups is 1. The molecule has 2 aromatic rings. The first-order chi connectivity index (χ1) is 13.0. The summed E-state index contributed by atoms with van der Waals surface area (Å²) in [5.74, 6) is 3.29. The molecule has 0 atom stereocenters. The maximum absolute atomic E-state index is 12.7. The molecule has 2 heterocycles. The fourth-order valence-electron chi connectivity index (χ4n) is 3.66. The van der Waals surface area contributed by atoms with Crippen LogP contribution < -0.4 is 4.74 Å². The van der Waals surface area contributed by atoms with Crippen LogP contribution in [0.4, 0.5) is 0 Å². The van der Waals surface area contributed by atoms with Crippen molar-refractivity contribution in [3.63, 3.8) is 0 Å². The summed E-state index contributed by atoms with van der Waals surface area (Å²) in [4.78, 5) is 16.8. The van der Waals surface area contributed by atoms with Crippen LogP contribution in [0.3, 0.4) is 0 Å². The van der Waals surface area contributed by atoms with Crippen molar-refractivity contribution in [1.29, 1.82) is 0 Å². The lowest BCUT2D eigenvalue weighted by Gasteiger charge is -2.31. The molecule has 0 radical (unpaired) electrons. The summed E-state index contributed by atoms with van der Waals surface area (Å²) in [6.45, 7) is 2.29. The standard InChI is InChI=1S/C20H29N5O2/c1-23(2)14-18-21-22-20(24(18)3)15-9-11-25(12-10-15)19(26)13-16-7-5-6-8-17(16)27-4/h5-8,15H,9-14H2,1-4H3. The minimum Gasteiger partial charge on any atom is -0.496 e. The Hall–Kier alpha value is -2.41. The van der Waals surface area contributed by atoms with E-state index in [4.69, 9.17) is 4.74 Å². The fourth-order valence-corrected chi connectivity index (χ4v) is 3.66. The van der Waals surface area contributed by atoms with E-state index in [0.717, 1.165) is 55.4 Å². The number of benzene rings is 1. The molecule has 1 amide bonds. The van der Waals surface area contributed by atoms with Crippen molar-refractivity contribution in [1.82, 2.24) is 24.6 Å². The number of amides is 1. The molecule has 0 aliphatic carbocycles. The predicted octanol–water partition coefficient (Wildman–Crippen LogP) is 1.83. The number of rotatable bonds is 6. The maximum atomic E-state index is 12.7. The molecular formula is C20H29N5O2. The lowest BCUT2D eigenvalue weighted by Crippen LogP contribution is -2.39. The van der Waals surface area contributed by atoms with E-state index < -0.39 is 0 Å². The number of para-hydroxylation sites is 1. The molecule has 146 valence electrons. The Labute approximate surface area is 160 Å². The van der Waals surface area contributed by atoms with Gasteiger partial charge in [0.1, 0.15) is 17.4 Å². The number of hydrogen-bond acceptors (Lipinski definition) is 5. The number of hydrogen-bond donors (Lipinski definition) is 0. The first-order valence-corrected chi connectivity index (χ1v) is 9.42. The first kappa shape index (κ1) is 19.4. The highest BCUT2D eigenvalue weighted by Crippen LogP contribution is 2.28. The van der Waals surface area contributed by atoms with Crippen LogP contribution in [-0.4, -0.2) is 64.8 Å². The summed E-state index contributed by atoms with van der Waals surface area (Å²) in [5, 5.41) is 8.76. The average molecular weight is 371 g/mol. The van der Waals surface area contributed by atoms with Gasteiger partial charge in [-0.2, -0.15) is 0 Å². The molecule has 1 aromatic heterocycles. The van der Waals surface area contributed by atoms with Crippen LogP contribution in [-0.2, 0) is 24.8 Å². The fraction of sp³-hybridized carbons (Fsp3) is 0.550. The summed E-state index contributed by atoms with van der Waals surface area (Å²) in [6, 6.07) is 7.71. The third-order valence-electron chi connectivity index (χ3n) is 5.20. The van der Waals surface area contributed by atoms with Crippen LogP contribution >= 0.6 is 0 Å². The SMILES string of the molecule is COc1ccccc1CC(=O)N1CCC(c2nnc(CN(C)C)n2C)CC1. The normalized spacial score (nSPS) is 15.4. The minimum atomic E-state index is 0.157. The Morgan fingerprint density at radius 1 is 1.22 bits per heavy atom. The number of likely N-dealkylation sites (tertiary alicyclic amines) is 1. The molecule has 1 aliphatic rings. The third kappa shape index (κ3) is 4.47. The van der Waals surface area contributed by atoms with E-state index in [1.807, 2.05) is 50.3 Å². The summed E-state index contributed by atoms with van der Waals surface area (Å²) in [6.07, 6.45) is 2.23. The Balaban J connectivity index is 1.59. The molecular weight excluding hydrogens is 342 g/mol. The van der Waals surface area contributed by atoms with E-state index in [9.17, 15) is 4.79 Å². The molecule has 3 rings (SSSR count). The third-order valence-corrected chi connectivity index (χ3v) is 5.20. The predicted molar refractivity (Wildman–Crippen MR) is 104 cm³/mol. The van der Waals surface area contributed by atoms with E-state index in [1.165, 1.54) is 0 Å². The topological polar surface area (TPSA) is 63.5 Å². The highest BCUT2D eigenvalue weighted by Gasteiger charge is 2.27. The Bertz CT molecular complexity index is 778. The van der Waals surface area contributed by atoms with E-state index in [-0.39, 0.29) is 5.91 Å². The van der Waals surface area contributed by atoms with Crippen molar-refractivity contribution >= 4 is 5.91 Å². The number of piperidine rings is 1. The molecule has 0 bridgehead atoms. The highest BCUT2D eigenvalue weighted by molar-refractivity contribution is 5.79. The van der Waals surface area contributed by atoms with Gasteiger partial charge in [-0.3, -0.25) is 4.79 Å². The summed E-state index contributed by atoms with van der Waals surface area (Å²) >= 11 is 0. The lowest BCUT2D eigenvalue weighted by molar-refractivity contribution is -0.131. The van der Waals surface area contributed by atoms with E-state index in [0.29, 0.717) is 12.3 Å². The van der Waals surface area contributed by atoms with Gasteiger partial charge >= 0.3 is 0 Å². The summed E-state index contributed by atoms with van der Waals surface area (Å²) < 4.78 is 7.47. The van der Waals surface area contributed by atoms with Crippen molar-refractivity contribution in [3.05, 3.63) is 41.5 Å². The number of methoxy groups -OCH3 is 1. The number of ether oxygens (including phenoxy) is 1. The molecule has 0 unspecified atom stereocenters. The van der Waals surface area contributed by atoms with Gasteiger partial charge in [0.05, 0.1) is 20.1 Å². The lowest BCUT2D eigenvalue weighted by atomic mass is 9.95. The van der Waals surface area contributed by atoms with Crippen LogP contribution in [0.15, 0.2) is 24.3 Å². The Morgan fingerprint density at radius 3 is 2.59 bits per heavy atom. The maximum Gasteiger partial charge on any atom is 0.227 e. The van der Waals surface area contributed by atoms with Gasteiger partial charge in [0, 0.05) is 31.6 Å². The van der Waals surface area contributed by atoms with Gasteiger partial charge in [0.15, 0.2) is 0 Å². The van der Waals surface area contributed by atoms with Crippen molar-refractivity contribution in [2.24, 2.45) is 7.05 Å². The van der Waals surface area contributed by atoms with Crippen LogP contribution in [0.2, 0.25) is 0 Å². The molecule has 27 heavy (non-hydrogen) atoms. The van der Waals surface area contributed by atoms with Crippen LogP contribution in [0, 0.1) is 0 Å². The van der Waals surface area contributed by atoms with Gasteiger partial charge in [0.25, 0.3) is 0 Å². The molecule has 1 fully saturated rings. The van der Waals surface area contributed by atoms with E-state index in [1.54, 1.807) is 7.11 Å². The smallest absolute Gasteiger partial charge is 0.227 e. The summed E-state index contributed by atoms with van der Waals surface area (Å²) in [7, 11) is 7.73. The average Bonchev–Trinajstić information content (AvgIpc) is 3.02. The van der Waals surface area contributed by atoms with Gasteiger partial charge < -0.3 is 19.1 Å². The molecule has 0 saturated carbocycles. The number of aromatic nitrogens is 3. The van der Waals surface area contributed by atoms with Crippen molar-refractivity contribution in [2.45, 2.75) is 31.7 Å². The molecule has 1 aromatic carbocycles. The zero-order chi connectivity index (χ0) is 19.4. The van der Waals surface area contributed by atoms with E-state index in [2.05, 4.69) is 19.7 Å². The second-order valence-electron chi connectivity index (χ2n) is 7.41. The van der Waals surface area contributed by atoms with Gasteiger partial charge in [-0.25, -0.2) is 0 Å². The van der Waals surface area contributed by atoms with Gasteiger partial charge in [-0.05, 0) is 33.0 Å². The first-order valence-electron chi connectivity index (χ1n) is 9.42. The van der Waals surface area contributed by atoms with Crippen molar-refractivity contribution in [3.8, 4) is 5.75 Å². The van der Waals surface area contributed by atoms with Gasteiger partial charge in [-0.15, -0.1) is 10.2 Å². The molecule has 1 aliphatic heterocycles. The molecule has 7 heteroatoms. The van der Waals surface area contributed by atoms with Gasteiger partial charge in [-0.1, -0.05) is 18.2 Å². The van der Waals surface area contributed by atoms with Crippen molar-refractivity contribution < 1.29 is 9.53 Å². The number of carbonyl (C=O) groups excluding carboxylic acids is 1. The monoisotopic (exact) mass is 371 g/mol. The highest BCUT2D eigenvalue weighted by atomic mass is 16.5. The Morgan fingerprint density at radius 2 is 1.93 bits per heavy atom. The Kier molecular flexibility index (Phi) is 6.11. The summed E-state index contributed by atoms with van der Waals surface area (Å²) in [5.41, 5.74) is 0.939. The van der Waals surface area contributed by atoms with Crippen LogP contribution in [0.1, 0.15) is 36.0 Å². The molecule has 0 spiro atoms. The minimum absolute atomic E-state index is 0.157. The van der Waals surface area contributed by atoms with Crippen LogP contribution in [0.5, 0.6) is 5.75 Å². The van der Waals surface area contributed by atoms with Crippen LogP contribution in [0.25, 0.3) is 0 Å². The molecule has 7 nitrogen and oxygen atoms in total. The quantitative estimate of drug-likeness (QED) is 0.775. The zero-order valence-electron chi connectivity index (χ0n) is 16.7. The van der Waals surface area contributed by atoms with E-state index >= 15 is 0 Å². The number of nitrogens with zero attached hydrogens (tertiary/aromatic N) is 5. The second kappa shape index (κ2) is 8.52. The van der Waals surface area contributed by atoms with Gasteiger partial charge in [0.2, 0.25) is 5.91 Å². The molecule has 0 N–H and O–H groups in total. The molecule has 1 saturated heterocycles. The zero-order valence-corrected chi connectivity index (χ0v) is 16.7. The second-order valence-corrected chi connectivity index (χ2v) is 7.41.